The highest BCUT2D eigenvalue weighted by Gasteiger charge is 2.14. The minimum Gasteiger partial charge on any atom is -0.497 e. The van der Waals surface area contributed by atoms with Crippen LogP contribution in [0.15, 0.2) is 59.2 Å². The van der Waals surface area contributed by atoms with E-state index >= 15 is 0 Å². The predicted molar refractivity (Wildman–Crippen MR) is 85.3 cm³/mol. The average Bonchev–Trinajstić information content (AvgIpc) is 3.03. The highest BCUT2D eigenvalue weighted by Crippen LogP contribution is 2.36. The molecule has 0 saturated heterocycles. The summed E-state index contributed by atoms with van der Waals surface area (Å²) in [5.41, 5.74) is 4.19. The molecule has 3 rings (SSSR count). The van der Waals surface area contributed by atoms with E-state index in [0.29, 0.717) is 0 Å². The van der Waals surface area contributed by atoms with Crippen molar-refractivity contribution in [1.29, 1.82) is 0 Å². The van der Waals surface area contributed by atoms with Crippen LogP contribution in [0.5, 0.6) is 11.5 Å². The summed E-state index contributed by atoms with van der Waals surface area (Å²) in [5, 5.41) is 0. The van der Waals surface area contributed by atoms with Gasteiger partial charge in [0.2, 0.25) is 0 Å². The van der Waals surface area contributed by atoms with E-state index in [1.807, 2.05) is 36.4 Å². The molecule has 1 aromatic heterocycles. The third-order valence-electron chi connectivity index (χ3n) is 3.61. The van der Waals surface area contributed by atoms with Crippen molar-refractivity contribution in [3.05, 3.63) is 72.2 Å². The Morgan fingerprint density at radius 1 is 0.955 bits per heavy atom. The van der Waals surface area contributed by atoms with Gasteiger partial charge in [0.05, 0.1) is 20.5 Å². The molecule has 0 saturated carbocycles. The van der Waals surface area contributed by atoms with Gasteiger partial charge < -0.3 is 13.9 Å². The Morgan fingerprint density at radius 3 is 2.50 bits per heavy atom. The van der Waals surface area contributed by atoms with Gasteiger partial charge in [-0.15, -0.1) is 0 Å². The smallest absolute Gasteiger partial charge is 0.173 e. The number of hydrogen-bond acceptors (Lipinski definition) is 3. The molecule has 22 heavy (non-hydrogen) atoms. The molecule has 2 aromatic carbocycles. The van der Waals surface area contributed by atoms with Gasteiger partial charge in [0.25, 0.3) is 0 Å². The Hall–Kier alpha value is -2.68. The molecule has 3 nitrogen and oxygen atoms in total. The molecular formula is C19H17O3. The van der Waals surface area contributed by atoms with Gasteiger partial charge >= 0.3 is 0 Å². The van der Waals surface area contributed by atoms with Crippen LogP contribution in [0.25, 0.3) is 11.1 Å². The first-order valence-electron chi connectivity index (χ1n) is 7.06. The van der Waals surface area contributed by atoms with Gasteiger partial charge in [-0.1, -0.05) is 30.3 Å². The second-order valence-corrected chi connectivity index (χ2v) is 4.96. The number of hydrogen-bond donors (Lipinski definition) is 0. The number of benzene rings is 2. The van der Waals surface area contributed by atoms with Gasteiger partial charge in [-0.25, -0.2) is 0 Å². The first-order valence-corrected chi connectivity index (χ1v) is 7.06. The van der Waals surface area contributed by atoms with Crippen LogP contribution in [0.4, 0.5) is 0 Å². The lowest BCUT2D eigenvalue weighted by atomic mass is 9.98. The summed E-state index contributed by atoms with van der Waals surface area (Å²) >= 11 is 0. The lowest BCUT2D eigenvalue weighted by Gasteiger charge is -2.10. The van der Waals surface area contributed by atoms with E-state index in [1.54, 1.807) is 20.5 Å². The van der Waals surface area contributed by atoms with Gasteiger partial charge in [0.1, 0.15) is 11.5 Å². The van der Waals surface area contributed by atoms with E-state index in [1.165, 1.54) is 5.56 Å². The summed E-state index contributed by atoms with van der Waals surface area (Å²) in [5.74, 6) is 1.51. The lowest BCUT2D eigenvalue weighted by Crippen LogP contribution is -1.93. The standard InChI is InChI=1S/C19H17O3/c1-20-16-8-9-17(19(11-16)21-2)18-13-22-12-15(18)10-14-6-4-3-5-7-14/h3-9,11,13H,10H2,1-2H3. The lowest BCUT2D eigenvalue weighted by molar-refractivity contribution is 0.395. The van der Waals surface area contributed by atoms with Crippen molar-refractivity contribution < 1.29 is 13.9 Å². The van der Waals surface area contributed by atoms with Crippen molar-refractivity contribution in [2.24, 2.45) is 0 Å². The molecule has 0 unspecified atom stereocenters. The summed E-state index contributed by atoms with van der Waals surface area (Å²) in [7, 11) is 3.29. The number of furan rings is 1. The number of methoxy groups -OCH3 is 2. The fourth-order valence-corrected chi connectivity index (χ4v) is 2.46. The Labute approximate surface area is 130 Å². The van der Waals surface area contributed by atoms with Crippen molar-refractivity contribution >= 4 is 0 Å². The molecule has 0 fully saturated rings. The van der Waals surface area contributed by atoms with E-state index in [-0.39, 0.29) is 0 Å². The van der Waals surface area contributed by atoms with Crippen LogP contribution in [-0.2, 0) is 6.42 Å². The van der Waals surface area contributed by atoms with Crippen LogP contribution >= 0.6 is 0 Å². The second-order valence-electron chi connectivity index (χ2n) is 4.96. The van der Waals surface area contributed by atoms with E-state index < -0.39 is 0 Å². The van der Waals surface area contributed by atoms with Crippen molar-refractivity contribution in [3.8, 4) is 22.6 Å². The first kappa shape index (κ1) is 14.3. The van der Waals surface area contributed by atoms with E-state index in [9.17, 15) is 0 Å². The van der Waals surface area contributed by atoms with Gasteiger partial charge in [0, 0.05) is 29.2 Å². The van der Waals surface area contributed by atoms with Crippen LogP contribution in [-0.4, -0.2) is 14.2 Å². The van der Waals surface area contributed by atoms with Crippen LogP contribution in [0, 0.1) is 6.26 Å². The monoisotopic (exact) mass is 293 g/mol. The molecular weight excluding hydrogens is 276 g/mol. The molecule has 0 spiro atoms. The normalized spacial score (nSPS) is 10.5. The zero-order chi connectivity index (χ0) is 15.4. The largest absolute Gasteiger partial charge is 0.497 e. The van der Waals surface area contributed by atoms with Crippen LogP contribution in [0.3, 0.4) is 0 Å². The van der Waals surface area contributed by atoms with Gasteiger partial charge in [-0.05, 0) is 17.7 Å². The fourth-order valence-electron chi connectivity index (χ4n) is 2.46. The molecule has 0 aliphatic rings. The highest BCUT2D eigenvalue weighted by molar-refractivity contribution is 5.73. The summed E-state index contributed by atoms with van der Waals surface area (Å²) in [6, 6.07) is 16.0. The maximum absolute atomic E-state index is 5.48. The summed E-state index contributed by atoms with van der Waals surface area (Å²) in [6.45, 7) is 0. The first-order chi connectivity index (χ1) is 10.8. The molecule has 0 amide bonds. The highest BCUT2D eigenvalue weighted by atomic mass is 16.5. The minimum atomic E-state index is 0.753. The third-order valence-corrected chi connectivity index (χ3v) is 3.61. The zero-order valence-corrected chi connectivity index (χ0v) is 12.6. The van der Waals surface area contributed by atoms with E-state index in [2.05, 4.69) is 18.4 Å². The molecule has 0 aliphatic heterocycles. The molecule has 1 radical (unpaired) electrons. The Kier molecular flexibility index (Phi) is 4.15. The molecule has 1 heterocycles. The topological polar surface area (TPSA) is 31.6 Å². The molecule has 3 heteroatoms. The van der Waals surface area contributed by atoms with E-state index in [4.69, 9.17) is 13.9 Å². The van der Waals surface area contributed by atoms with Gasteiger partial charge in [-0.2, -0.15) is 0 Å². The molecule has 0 atom stereocenters. The van der Waals surface area contributed by atoms with Crippen molar-refractivity contribution in [2.75, 3.05) is 14.2 Å². The zero-order valence-electron chi connectivity index (χ0n) is 12.6. The van der Waals surface area contributed by atoms with Gasteiger partial charge in [0.15, 0.2) is 6.26 Å². The third kappa shape index (κ3) is 2.84. The minimum absolute atomic E-state index is 0.753. The molecule has 0 N–H and O–H groups in total. The maximum atomic E-state index is 5.48. The molecule has 0 aliphatic carbocycles. The molecule has 0 bridgehead atoms. The predicted octanol–water partition coefficient (Wildman–Crippen LogP) is 4.35. The Bertz CT molecular complexity index is 744. The second kappa shape index (κ2) is 6.39. The summed E-state index contributed by atoms with van der Waals surface area (Å²) < 4.78 is 16.0. The number of rotatable bonds is 5. The Balaban J connectivity index is 1.98. The van der Waals surface area contributed by atoms with Crippen molar-refractivity contribution in [1.82, 2.24) is 0 Å². The fraction of sp³-hybridized carbons (Fsp3) is 0.158. The molecule has 3 aromatic rings. The van der Waals surface area contributed by atoms with Crippen LogP contribution < -0.4 is 9.47 Å². The average molecular weight is 293 g/mol. The van der Waals surface area contributed by atoms with Crippen LogP contribution in [0.1, 0.15) is 11.1 Å². The van der Waals surface area contributed by atoms with Gasteiger partial charge in [-0.3, -0.25) is 0 Å². The van der Waals surface area contributed by atoms with E-state index in [0.717, 1.165) is 34.6 Å². The van der Waals surface area contributed by atoms with Crippen molar-refractivity contribution in [2.45, 2.75) is 6.42 Å². The summed E-state index contributed by atoms with van der Waals surface area (Å²) in [6.07, 6.45) is 5.45. The SMILES string of the molecule is COc1ccc(-c2co[c]c2Cc2ccccc2)c(OC)c1. The Morgan fingerprint density at radius 2 is 1.77 bits per heavy atom. The quantitative estimate of drug-likeness (QED) is 0.700. The van der Waals surface area contributed by atoms with Crippen molar-refractivity contribution in [3.63, 3.8) is 0 Å². The number of ether oxygens (including phenoxy) is 2. The maximum Gasteiger partial charge on any atom is 0.173 e. The molecule has 111 valence electrons. The van der Waals surface area contributed by atoms with Crippen LogP contribution in [0.2, 0.25) is 0 Å². The summed E-state index contributed by atoms with van der Waals surface area (Å²) in [4.78, 5) is 0.